The van der Waals surface area contributed by atoms with Gasteiger partial charge in [-0.05, 0) is 36.3 Å². The van der Waals surface area contributed by atoms with Gasteiger partial charge < -0.3 is 5.11 Å². The van der Waals surface area contributed by atoms with Crippen LogP contribution in [0, 0.1) is 11.8 Å². The molecule has 0 spiro atoms. The van der Waals surface area contributed by atoms with Gasteiger partial charge in [-0.2, -0.15) is 13.2 Å². The lowest BCUT2D eigenvalue weighted by molar-refractivity contribution is -0.141. The van der Waals surface area contributed by atoms with Crippen molar-refractivity contribution >= 4 is 5.78 Å². The summed E-state index contributed by atoms with van der Waals surface area (Å²) >= 11 is 0. The molecule has 1 aromatic rings. The van der Waals surface area contributed by atoms with Crippen molar-refractivity contribution in [2.45, 2.75) is 37.5 Å². The summed E-state index contributed by atoms with van der Waals surface area (Å²) in [5, 5.41) is 10.7. The minimum atomic E-state index is -4.47. The van der Waals surface area contributed by atoms with Gasteiger partial charge in [-0.3, -0.25) is 4.79 Å². The van der Waals surface area contributed by atoms with Gasteiger partial charge in [-0.1, -0.05) is 18.2 Å². The number of carbonyl (C=O) groups excluding carboxylic acids is 1. The van der Waals surface area contributed by atoms with Crippen molar-refractivity contribution in [1.82, 2.24) is 0 Å². The third-order valence-electron chi connectivity index (χ3n) is 4.58. The minimum absolute atomic E-state index is 0.0220. The summed E-state index contributed by atoms with van der Waals surface area (Å²) in [4.78, 5) is 11.4. The molecule has 5 heteroatoms. The van der Waals surface area contributed by atoms with Gasteiger partial charge in [0.2, 0.25) is 0 Å². The van der Waals surface area contributed by atoms with Crippen LogP contribution in [0.15, 0.2) is 24.3 Å². The zero-order valence-electron chi connectivity index (χ0n) is 10.8. The van der Waals surface area contributed by atoms with Gasteiger partial charge >= 0.3 is 6.18 Å². The van der Waals surface area contributed by atoms with Gasteiger partial charge in [0.15, 0.2) is 0 Å². The first kappa shape index (κ1) is 13.6. The van der Waals surface area contributed by atoms with E-state index in [1.54, 1.807) is 0 Å². The van der Waals surface area contributed by atoms with Crippen LogP contribution in [0.1, 0.15) is 36.8 Å². The van der Waals surface area contributed by atoms with Crippen molar-refractivity contribution in [3.63, 3.8) is 0 Å². The van der Waals surface area contributed by atoms with Gasteiger partial charge in [0.1, 0.15) is 5.78 Å². The Hall–Kier alpha value is -1.36. The second kappa shape index (κ2) is 4.32. The molecule has 2 unspecified atom stereocenters. The predicted molar refractivity (Wildman–Crippen MR) is 65.8 cm³/mol. The third kappa shape index (κ3) is 2.14. The molecule has 2 fully saturated rings. The highest BCUT2D eigenvalue weighted by atomic mass is 19.4. The van der Waals surface area contributed by atoms with Crippen LogP contribution >= 0.6 is 0 Å². The summed E-state index contributed by atoms with van der Waals surface area (Å²) in [7, 11) is 0. The van der Waals surface area contributed by atoms with Crippen molar-refractivity contribution in [1.29, 1.82) is 0 Å². The molecular weight excluding hydrogens is 269 g/mol. The molecule has 0 saturated heterocycles. The minimum Gasteiger partial charge on any atom is -0.385 e. The molecule has 0 amide bonds. The SMILES string of the molecule is O=C1CC2CC(O)(c3ccccc3C(F)(F)F)CC2C1. The van der Waals surface area contributed by atoms with Crippen LogP contribution in [0.5, 0.6) is 0 Å². The normalized spacial score (nSPS) is 33.5. The zero-order chi connectivity index (χ0) is 14.5. The standard InChI is InChI=1S/C15H15F3O2/c16-15(17,18)13-4-2-1-3-12(13)14(20)7-9-5-11(19)6-10(9)8-14/h1-4,9-10,20H,5-8H2. The van der Waals surface area contributed by atoms with Crippen LogP contribution < -0.4 is 0 Å². The molecule has 2 aliphatic rings. The first-order valence-electron chi connectivity index (χ1n) is 6.70. The highest BCUT2D eigenvalue weighted by Crippen LogP contribution is 2.53. The summed E-state index contributed by atoms with van der Waals surface area (Å²) in [6, 6.07) is 5.20. The van der Waals surface area contributed by atoms with Crippen molar-refractivity contribution in [2.24, 2.45) is 11.8 Å². The largest absolute Gasteiger partial charge is 0.416 e. The van der Waals surface area contributed by atoms with E-state index in [1.165, 1.54) is 18.2 Å². The van der Waals surface area contributed by atoms with Crippen LogP contribution in [0.3, 0.4) is 0 Å². The lowest BCUT2D eigenvalue weighted by Gasteiger charge is -2.27. The van der Waals surface area contributed by atoms with Gasteiger partial charge in [-0.15, -0.1) is 0 Å². The monoisotopic (exact) mass is 284 g/mol. The van der Waals surface area contributed by atoms with Gasteiger partial charge in [0.25, 0.3) is 0 Å². The van der Waals surface area contributed by atoms with Crippen LogP contribution in [0.25, 0.3) is 0 Å². The fraction of sp³-hybridized carbons (Fsp3) is 0.533. The number of fused-ring (bicyclic) bond motifs is 1. The number of alkyl halides is 3. The Kier molecular flexibility index (Phi) is 2.94. The highest BCUT2D eigenvalue weighted by molar-refractivity contribution is 5.81. The van der Waals surface area contributed by atoms with E-state index in [4.69, 9.17) is 0 Å². The van der Waals surface area contributed by atoms with Crippen LogP contribution in [0.2, 0.25) is 0 Å². The van der Waals surface area contributed by atoms with Gasteiger partial charge in [0, 0.05) is 12.8 Å². The molecule has 0 aromatic heterocycles. The number of ketones is 1. The molecular formula is C15H15F3O2. The van der Waals surface area contributed by atoms with E-state index in [0.717, 1.165) is 6.07 Å². The number of halogens is 3. The first-order valence-corrected chi connectivity index (χ1v) is 6.70. The van der Waals surface area contributed by atoms with E-state index in [1.807, 2.05) is 0 Å². The quantitative estimate of drug-likeness (QED) is 0.859. The zero-order valence-corrected chi connectivity index (χ0v) is 10.8. The number of hydrogen-bond acceptors (Lipinski definition) is 2. The third-order valence-corrected chi connectivity index (χ3v) is 4.58. The molecule has 2 saturated carbocycles. The van der Waals surface area contributed by atoms with Crippen LogP contribution in [-0.4, -0.2) is 10.9 Å². The van der Waals surface area contributed by atoms with E-state index in [2.05, 4.69) is 0 Å². The van der Waals surface area contributed by atoms with E-state index >= 15 is 0 Å². The summed E-state index contributed by atoms with van der Waals surface area (Å²) in [6.07, 6.45) is -3.20. The molecule has 0 heterocycles. The Morgan fingerprint density at radius 2 is 1.65 bits per heavy atom. The highest BCUT2D eigenvalue weighted by Gasteiger charge is 2.51. The number of Topliss-reactive ketones (excluding diaryl/α,β-unsaturated/α-hetero) is 1. The Bertz CT molecular complexity index is 534. The molecule has 20 heavy (non-hydrogen) atoms. The summed E-state index contributed by atoms with van der Waals surface area (Å²) in [5.41, 5.74) is -2.27. The smallest absolute Gasteiger partial charge is 0.385 e. The van der Waals surface area contributed by atoms with Crippen molar-refractivity contribution in [3.05, 3.63) is 35.4 Å². The Morgan fingerprint density at radius 1 is 1.10 bits per heavy atom. The Labute approximate surface area is 114 Å². The van der Waals surface area contributed by atoms with Crippen LogP contribution in [0.4, 0.5) is 13.2 Å². The second-order valence-electron chi connectivity index (χ2n) is 5.95. The van der Waals surface area contributed by atoms with E-state index in [-0.39, 0.29) is 36.0 Å². The molecule has 2 atom stereocenters. The fourth-order valence-electron chi connectivity index (χ4n) is 3.79. The lowest BCUT2D eigenvalue weighted by Crippen LogP contribution is -2.27. The molecule has 3 rings (SSSR count). The Morgan fingerprint density at radius 3 is 2.20 bits per heavy atom. The van der Waals surface area contributed by atoms with E-state index < -0.39 is 17.3 Å². The Balaban J connectivity index is 1.97. The molecule has 108 valence electrons. The predicted octanol–water partition coefficient (Wildman–Crippen LogP) is 3.28. The molecule has 0 bridgehead atoms. The molecule has 2 nitrogen and oxygen atoms in total. The number of benzene rings is 1. The number of rotatable bonds is 1. The number of aliphatic hydroxyl groups is 1. The summed E-state index contributed by atoms with van der Waals surface area (Å²) in [5.74, 6) is 0.203. The average molecular weight is 284 g/mol. The van der Waals surface area contributed by atoms with Crippen LogP contribution in [-0.2, 0) is 16.6 Å². The van der Waals surface area contributed by atoms with E-state index in [0.29, 0.717) is 12.8 Å². The average Bonchev–Trinajstić information content (AvgIpc) is 2.82. The number of hydrogen-bond donors (Lipinski definition) is 1. The topological polar surface area (TPSA) is 37.3 Å². The maximum atomic E-state index is 13.1. The maximum Gasteiger partial charge on any atom is 0.416 e. The molecule has 0 radical (unpaired) electrons. The molecule has 2 aliphatic carbocycles. The van der Waals surface area contributed by atoms with Crippen molar-refractivity contribution in [3.8, 4) is 0 Å². The summed E-state index contributed by atoms with van der Waals surface area (Å²) < 4.78 is 39.2. The maximum absolute atomic E-state index is 13.1. The molecule has 1 N–H and O–H groups in total. The fourth-order valence-corrected chi connectivity index (χ4v) is 3.79. The van der Waals surface area contributed by atoms with Crippen molar-refractivity contribution < 1.29 is 23.1 Å². The van der Waals surface area contributed by atoms with Gasteiger partial charge in [0.05, 0.1) is 11.2 Å². The summed E-state index contributed by atoms with van der Waals surface area (Å²) in [6.45, 7) is 0. The molecule has 1 aromatic carbocycles. The van der Waals surface area contributed by atoms with E-state index in [9.17, 15) is 23.1 Å². The molecule has 0 aliphatic heterocycles. The van der Waals surface area contributed by atoms with Crippen molar-refractivity contribution in [2.75, 3.05) is 0 Å². The second-order valence-corrected chi connectivity index (χ2v) is 5.95. The van der Waals surface area contributed by atoms with Gasteiger partial charge in [-0.25, -0.2) is 0 Å². The lowest BCUT2D eigenvalue weighted by atomic mass is 9.86. The first-order chi connectivity index (χ1) is 9.29. The number of carbonyl (C=O) groups is 1.